The molecule has 0 radical (unpaired) electrons. The number of nitrogens with one attached hydrogen (secondary N) is 1. The summed E-state index contributed by atoms with van der Waals surface area (Å²) >= 11 is 0. The normalized spacial score (nSPS) is 10.6. The van der Waals surface area contributed by atoms with Crippen molar-refractivity contribution in [2.45, 2.75) is 20.4 Å². The largest absolute Gasteiger partial charge is 0.397 e. The number of nitrogens with zero attached hydrogens (tertiary/aromatic N) is 1. The van der Waals surface area contributed by atoms with E-state index in [1.807, 2.05) is 6.92 Å². The Bertz CT molecular complexity index is 665. The fourth-order valence-electron chi connectivity index (χ4n) is 1.91. The van der Waals surface area contributed by atoms with E-state index in [4.69, 9.17) is 5.73 Å². The molecule has 0 saturated heterocycles. The second-order valence-electron chi connectivity index (χ2n) is 4.48. The molecule has 0 spiro atoms. The topological polar surface area (TPSA) is 60.0 Å². The van der Waals surface area contributed by atoms with Crippen molar-refractivity contribution in [3.63, 3.8) is 0 Å². The second kappa shape index (κ2) is 5.32. The predicted octanol–water partition coefficient (Wildman–Crippen LogP) is 2.93. The number of carbonyl (C=O) groups excluding carboxylic acids is 1. The van der Waals surface area contributed by atoms with Gasteiger partial charge in [-0.1, -0.05) is 0 Å². The summed E-state index contributed by atoms with van der Waals surface area (Å²) < 4.78 is 28.7. The van der Waals surface area contributed by atoms with E-state index >= 15 is 0 Å². The maximum Gasteiger partial charge on any atom is 0.272 e. The van der Waals surface area contributed by atoms with E-state index in [0.29, 0.717) is 17.9 Å². The zero-order valence-electron chi connectivity index (χ0n) is 11.2. The highest BCUT2D eigenvalue weighted by Gasteiger charge is 2.15. The van der Waals surface area contributed by atoms with E-state index < -0.39 is 17.5 Å². The van der Waals surface area contributed by atoms with Crippen molar-refractivity contribution in [1.82, 2.24) is 4.57 Å². The molecule has 0 bridgehead atoms. The van der Waals surface area contributed by atoms with Gasteiger partial charge in [-0.25, -0.2) is 8.78 Å². The first-order valence-corrected chi connectivity index (χ1v) is 6.15. The smallest absolute Gasteiger partial charge is 0.272 e. The Hall–Kier alpha value is -2.37. The molecule has 0 atom stereocenters. The van der Waals surface area contributed by atoms with Gasteiger partial charge in [0.15, 0.2) is 0 Å². The van der Waals surface area contributed by atoms with Gasteiger partial charge in [-0.2, -0.15) is 0 Å². The van der Waals surface area contributed by atoms with Gasteiger partial charge in [0.2, 0.25) is 0 Å². The second-order valence-corrected chi connectivity index (χ2v) is 4.48. The number of nitrogen functional groups attached to an aromatic ring is 1. The summed E-state index contributed by atoms with van der Waals surface area (Å²) in [5.41, 5.74) is 6.35. The van der Waals surface area contributed by atoms with Gasteiger partial charge < -0.3 is 15.6 Å². The minimum Gasteiger partial charge on any atom is -0.397 e. The highest BCUT2D eigenvalue weighted by atomic mass is 19.1. The van der Waals surface area contributed by atoms with Crippen LogP contribution in [0.3, 0.4) is 0 Å². The van der Waals surface area contributed by atoms with Crippen molar-refractivity contribution in [2.24, 2.45) is 0 Å². The van der Waals surface area contributed by atoms with Crippen molar-refractivity contribution in [2.75, 3.05) is 11.1 Å². The molecule has 0 aliphatic rings. The van der Waals surface area contributed by atoms with E-state index in [2.05, 4.69) is 5.32 Å². The number of anilines is 2. The number of benzene rings is 1. The number of nitrogens with two attached hydrogens (primary N) is 1. The van der Waals surface area contributed by atoms with Crippen LogP contribution in [0.1, 0.15) is 23.0 Å². The summed E-state index contributed by atoms with van der Waals surface area (Å²) in [5.74, 6) is -1.79. The van der Waals surface area contributed by atoms with Gasteiger partial charge >= 0.3 is 0 Å². The van der Waals surface area contributed by atoms with Gasteiger partial charge in [0.1, 0.15) is 17.3 Å². The molecule has 2 rings (SSSR count). The van der Waals surface area contributed by atoms with Crippen molar-refractivity contribution < 1.29 is 13.6 Å². The lowest BCUT2D eigenvalue weighted by molar-refractivity contribution is 0.101. The minimum atomic E-state index is -0.681. The molecule has 0 aliphatic heterocycles. The minimum absolute atomic E-state index is 0.182. The van der Waals surface area contributed by atoms with Crippen molar-refractivity contribution in [1.29, 1.82) is 0 Å². The van der Waals surface area contributed by atoms with Crippen LogP contribution in [0.5, 0.6) is 0 Å². The van der Waals surface area contributed by atoms with Gasteiger partial charge in [0.05, 0.1) is 11.4 Å². The molecular weight excluding hydrogens is 264 g/mol. The van der Waals surface area contributed by atoms with Crippen LogP contribution in [0.25, 0.3) is 0 Å². The highest BCUT2D eigenvalue weighted by Crippen LogP contribution is 2.20. The van der Waals surface area contributed by atoms with Crippen LogP contribution in [0.15, 0.2) is 24.4 Å². The maximum absolute atomic E-state index is 13.7. The molecule has 0 aliphatic carbocycles. The number of aromatic nitrogens is 1. The number of hydrogen-bond donors (Lipinski definition) is 2. The third-order valence-corrected chi connectivity index (χ3v) is 2.99. The zero-order chi connectivity index (χ0) is 14.9. The molecule has 0 saturated carbocycles. The lowest BCUT2D eigenvalue weighted by Gasteiger charge is -2.09. The summed E-state index contributed by atoms with van der Waals surface area (Å²) in [6, 6.07) is 3.49. The summed E-state index contributed by atoms with van der Waals surface area (Å²) in [6.07, 6.45) is 1.61. The molecule has 3 N–H and O–H groups in total. The summed E-state index contributed by atoms with van der Waals surface area (Å²) in [4.78, 5) is 12.1. The fraction of sp³-hybridized carbons (Fsp3) is 0.214. The monoisotopic (exact) mass is 279 g/mol. The number of carbonyl (C=O) groups is 1. The van der Waals surface area contributed by atoms with Crippen LogP contribution in [-0.4, -0.2) is 10.5 Å². The van der Waals surface area contributed by atoms with Crippen LogP contribution in [0.2, 0.25) is 0 Å². The Kier molecular flexibility index (Phi) is 3.74. The van der Waals surface area contributed by atoms with Crippen LogP contribution in [0, 0.1) is 18.6 Å². The Labute approximate surface area is 115 Å². The molecule has 6 heteroatoms. The average Bonchev–Trinajstić information content (AvgIpc) is 2.77. The first kappa shape index (κ1) is 14.0. The quantitative estimate of drug-likeness (QED) is 0.907. The van der Waals surface area contributed by atoms with Crippen LogP contribution in [0.4, 0.5) is 20.2 Å². The van der Waals surface area contributed by atoms with Gasteiger partial charge in [-0.15, -0.1) is 0 Å². The molecule has 20 heavy (non-hydrogen) atoms. The number of rotatable bonds is 3. The van der Waals surface area contributed by atoms with Gasteiger partial charge in [0, 0.05) is 18.8 Å². The fourth-order valence-corrected chi connectivity index (χ4v) is 1.91. The predicted molar refractivity (Wildman–Crippen MR) is 73.6 cm³/mol. The molecule has 1 amide bonds. The number of halogens is 2. The van der Waals surface area contributed by atoms with Crippen molar-refractivity contribution in [3.8, 4) is 0 Å². The SMILES string of the molecule is CCn1cc(N)cc1C(=O)Nc1cc(F)c(C)cc1F. The Morgan fingerprint density at radius 3 is 2.65 bits per heavy atom. The van der Waals surface area contributed by atoms with E-state index in [1.54, 1.807) is 10.8 Å². The average molecular weight is 279 g/mol. The molecule has 0 unspecified atom stereocenters. The van der Waals surface area contributed by atoms with Crippen LogP contribution < -0.4 is 11.1 Å². The summed E-state index contributed by atoms with van der Waals surface area (Å²) in [6.45, 7) is 3.85. The molecule has 1 aromatic carbocycles. The van der Waals surface area contributed by atoms with Crippen LogP contribution in [-0.2, 0) is 6.54 Å². The number of aryl methyl sites for hydroxylation is 2. The Balaban J connectivity index is 2.30. The molecular formula is C14H15F2N3O. The molecule has 1 aromatic heterocycles. The van der Waals surface area contributed by atoms with E-state index in [9.17, 15) is 13.6 Å². The maximum atomic E-state index is 13.7. The third-order valence-electron chi connectivity index (χ3n) is 2.99. The lowest BCUT2D eigenvalue weighted by atomic mass is 10.2. The first-order chi connectivity index (χ1) is 9.42. The summed E-state index contributed by atoms with van der Waals surface area (Å²) in [7, 11) is 0. The molecule has 0 fully saturated rings. The van der Waals surface area contributed by atoms with Crippen molar-refractivity contribution >= 4 is 17.3 Å². The Morgan fingerprint density at radius 2 is 2.00 bits per heavy atom. The van der Waals surface area contributed by atoms with E-state index in [0.717, 1.165) is 12.1 Å². The third kappa shape index (κ3) is 2.64. The zero-order valence-corrected chi connectivity index (χ0v) is 11.2. The molecule has 2 aromatic rings. The molecule has 1 heterocycles. The number of hydrogen-bond acceptors (Lipinski definition) is 2. The first-order valence-electron chi connectivity index (χ1n) is 6.15. The lowest BCUT2D eigenvalue weighted by Crippen LogP contribution is -2.17. The van der Waals surface area contributed by atoms with Gasteiger partial charge in [0.25, 0.3) is 5.91 Å². The highest BCUT2D eigenvalue weighted by molar-refractivity contribution is 6.03. The van der Waals surface area contributed by atoms with Gasteiger partial charge in [-0.05, 0) is 31.5 Å². The van der Waals surface area contributed by atoms with Crippen molar-refractivity contribution in [3.05, 3.63) is 47.3 Å². The number of amides is 1. The molecule has 106 valence electrons. The Morgan fingerprint density at radius 1 is 1.30 bits per heavy atom. The summed E-state index contributed by atoms with van der Waals surface area (Å²) in [5, 5.41) is 2.35. The van der Waals surface area contributed by atoms with Gasteiger partial charge in [-0.3, -0.25) is 4.79 Å². The van der Waals surface area contributed by atoms with Crippen LogP contribution >= 0.6 is 0 Å². The molecule has 4 nitrogen and oxygen atoms in total. The van der Waals surface area contributed by atoms with E-state index in [1.165, 1.54) is 13.0 Å². The standard InChI is InChI=1S/C14H15F2N3O/c1-3-19-7-9(17)5-13(19)14(20)18-12-6-10(15)8(2)4-11(12)16/h4-7H,3,17H2,1-2H3,(H,18,20). The van der Waals surface area contributed by atoms with E-state index in [-0.39, 0.29) is 11.3 Å².